The van der Waals surface area contributed by atoms with E-state index in [2.05, 4.69) is 83.4 Å². The third-order valence-electron chi connectivity index (χ3n) is 9.45. The highest BCUT2D eigenvalue weighted by molar-refractivity contribution is 6.22. The number of hydrogen-bond acceptors (Lipinski definition) is 6. The molecule has 2 N–H and O–H groups in total. The third-order valence-corrected chi connectivity index (χ3v) is 9.45. The Morgan fingerprint density at radius 3 is 2.29 bits per heavy atom. The Hall–Kier alpha value is -6.40. The fraction of sp³-hybridized carbons (Fsp3) is 0.0476. The highest BCUT2D eigenvalue weighted by atomic mass is 16.3. The Kier molecular flexibility index (Phi) is 5.90. The quantitative estimate of drug-likeness (QED) is 0.205. The van der Waals surface area contributed by atoms with E-state index in [4.69, 9.17) is 18.8 Å². The van der Waals surface area contributed by atoms with Crippen molar-refractivity contribution in [2.24, 2.45) is 9.98 Å². The van der Waals surface area contributed by atoms with Crippen molar-refractivity contribution < 1.29 is 8.83 Å². The minimum absolute atomic E-state index is 0.0418. The van der Waals surface area contributed by atoms with Gasteiger partial charge in [-0.05, 0) is 52.2 Å². The molecule has 0 bridgehead atoms. The third kappa shape index (κ3) is 4.19. The Morgan fingerprint density at radius 2 is 1.40 bits per heavy atom. The van der Waals surface area contributed by atoms with Gasteiger partial charge in [0.05, 0.1) is 6.04 Å². The molecule has 6 aromatic carbocycles. The van der Waals surface area contributed by atoms with Crippen LogP contribution in [0.25, 0.3) is 49.8 Å². The monoisotopic (exact) mass is 620 g/mol. The van der Waals surface area contributed by atoms with Gasteiger partial charge in [0.2, 0.25) is 0 Å². The van der Waals surface area contributed by atoms with Crippen LogP contribution in [0.15, 0.2) is 158 Å². The molecule has 10 rings (SSSR count). The van der Waals surface area contributed by atoms with Crippen molar-refractivity contribution in [2.75, 3.05) is 0 Å². The molecule has 0 saturated heterocycles. The number of para-hydroxylation sites is 2. The first-order chi connectivity index (χ1) is 23.8. The van der Waals surface area contributed by atoms with Gasteiger partial charge >= 0.3 is 0 Å². The molecule has 2 aliphatic heterocycles. The summed E-state index contributed by atoms with van der Waals surface area (Å²) in [6.45, 7) is 0. The molecule has 2 atom stereocenters. The van der Waals surface area contributed by atoms with Crippen molar-refractivity contribution in [3.63, 3.8) is 0 Å². The topological polar surface area (TPSA) is 75.1 Å². The fourth-order valence-corrected chi connectivity index (χ4v) is 7.25. The molecule has 6 heteroatoms. The van der Waals surface area contributed by atoms with Crippen LogP contribution >= 0.6 is 0 Å². The van der Waals surface area contributed by atoms with Crippen molar-refractivity contribution in [3.8, 4) is 0 Å². The van der Waals surface area contributed by atoms with E-state index >= 15 is 0 Å². The molecule has 2 unspecified atom stereocenters. The van der Waals surface area contributed by atoms with E-state index in [-0.39, 0.29) is 12.2 Å². The predicted octanol–water partition coefficient (Wildman–Crippen LogP) is 9.64. The lowest BCUT2D eigenvalue weighted by molar-refractivity contribution is 0.582. The molecule has 48 heavy (non-hydrogen) atoms. The zero-order valence-corrected chi connectivity index (χ0v) is 25.7. The molecule has 0 fully saturated rings. The molecular weight excluding hydrogens is 592 g/mol. The highest BCUT2D eigenvalue weighted by Gasteiger charge is 2.27. The summed E-state index contributed by atoms with van der Waals surface area (Å²) in [6, 6.07) is 45.8. The van der Waals surface area contributed by atoms with Crippen LogP contribution in [0.1, 0.15) is 45.8 Å². The van der Waals surface area contributed by atoms with Crippen LogP contribution < -0.4 is 10.6 Å². The highest BCUT2D eigenvalue weighted by Crippen LogP contribution is 2.40. The van der Waals surface area contributed by atoms with Crippen LogP contribution in [-0.4, -0.2) is 11.7 Å². The van der Waals surface area contributed by atoms with Gasteiger partial charge in [-0.25, -0.2) is 9.98 Å². The second-order valence-electron chi connectivity index (χ2n) is 12.2. The summed E-state index contributed by atoms with van der Waals surface area (Å²) >= 11 is 0. The summed E-state index contributed by atoms with van der Waals surface area (Å²) in [4.78, 5) is 10.4. The number of rotatable bonds is 4. The van der Waals surface area contributed by atoms with Crippen molar-refractivity contribution in [1.82, 2.24) is 10.6 Å². The maximum absolute atomic E-state index is 6.22. The zero-order valence-electron chi connectivity index (χ0n) is 25.7. The molecule has 0 amide bonds. The van der Waals surface area contributed by atoms with Crippen molar-refractivity contribution in [3.05, 3.63) is 173 Å². The van der Waals surface area contributed by atoms with Crippen LogP contribution in [0.3, 0.4) is 0 Å². The van der Waals surface area contributed by atoms with Gasteiger partial charge in [0, 0.05) is 39.0 Å². The minimum Gasteiger partial charge on any atom is -0.456 e. The van der Waals surface area contributed by atoms with Gasteiger partial charge in [-0.15, -0.1) is 0 Å². The smallest absolute Gasteiger partial charge is 0.160 e. The summed E-state index contributed by atoms with van der Waals surface area (Å²) in [6.07, 6.45) is 3.68. The molecule has 2 aliphatic rings. The van der Waals surface area contributed by atoms with Crippen LogP contribution in [0, 0.1) is 0 Å². The van der Waals surface area contributed by atoms with Crippen LogP contribution in [0.4, 0.5) is 0 Å². The van der Waals surface area contributed by atoms with Crippen LogP contribution in [0.5, 0.6) is 0 Å². The molecule has 4 heterocycles. The first kappa shape index (κ1) is 26.8. The lowest BCUT2D eigenvalue weighted by Gasteiger charge is -2.25. The van der Waals surface area contributed by atoms with Gasteiger partial charge < -0.3 is 19.5 Å². The SMILES string of the molecule is C1=Cc2oc3ccccc3c2C(c2cccc3cc(C4=NC(c5cccc6oc7ccccc7c56)=NC(c5ccccc5)N4)ccc23)N1. The average Bonchev–Trinajstić information content (AvgIpc) is 3.73. The molecule has 6 nitrogen and oxygen atoms in total. The number of benzene rings is 6. The van der Waals surface area contributed by atoms with Gasteiger partial charge in [-0.3, -0.25) is 0 Å². The maximum Gasteiger partial charge on any atom is 0.160 e. The first-order valence-electron chi connectivity index (χ1n) is 16.1. The predicted molar refractivity (Wildman–Crippen MR) is 193 cm³/mol. The van der Waals surface area contributed by atoms with E-state index in [1.165, 1.54) is 10.9 Å². The Bertz CT molecular complexity index is 2640. The average molecular weight is 621 g/mol. The second kappa shape index (κ2) is 10.6. The number of fused-ring (bicyclic) bond motifs is 7. The molecule has 0 saturated carbocycles. The summed E-state index contributed by atoms with van der Waals surface area (Å²) in [7, 11) is 0. The van der Waals surface area contributed by atoms with Crippen molar-refractivity contribution in [1.29, 1.82) is 0 Å². The zero-order chi connectivity index (χ0) is 31.6. The first-order valence-corrected chi connectivity index (χ1v) is 16.1. The Balaban J connectivity index is 1.11. The summed E-state index contributed by atoms with van der Waals surface area (Å²) in [5.41, 5.74) is 7.92. The summed E-state index contributed by atoms with van der Waals surface area (Å²) < 4.78 is 12.4. The van der Waals surface area contributed by atoms with E-state index in [0.717, 1.165) is 72.1 Å². The number of nitrogens with one attached hydrogen (secondary N) is 2. The van der Waals surface area contributed by atoms with Gasteiger partial charge in [0.15, 0.2) is 5.84 Å². The molecule has 228 valence electrons. The van der Waals surface area contributed by atoms with E-state index in [1.807, 2.05) is 72.9 Å². The Morgan fingerprint density at radius 1 is 0.625 bits per heavy atom. The standard InChI is InChI=1S/C42H28N4O2/c1-2-10-25(11-3-1)40-44-41(46-42(45-40)32-16-9-19-35-37(32)30-13-4-6-17-33(30)47-35)27-20-21-28-26(24-27)12-8-15-29(28)39-38-31-14-5-7-18-34(31)48-36(38)22-23-43-39/h1-24,39-40,43H,(H,44,45,46). The van der Waals surface area contributed by atoms with Crippen LogP contribution in [-0.2, 0) is 0 Å². The van der Waals surface area contributed by atoms with Gasteiger partial charge in [0.1, 0.15) is 34.5 Å². The number of hydrogen-bond donors (Lipinski definition) is 2. The maximum atomic E-state index is 6.22. The molecule has 8 aromatic rings. The molecule has 0 radical (unpaired) electrons. The van der Waals surface area contributed by atoms with Gasteiger partial charge in [-0.2, -0.15) is 0 Å². The van der Waals surface area contributed by atoms with E-state index < -0.39 is 0 Å². The van der Waals surface area contributed by atoms with E-state index in [0.29, 0.717) is 5.84 Å². The lowest BCUT2D eigenvalue weighted by atomic mass is 9.90. The van der Waals surface area contributed by atoms with Crippen molar-refractivity contribution >= 4 is 61.4 Å². The minimum atomic E-state index is -0.310. The fourth-order valence-electron chi connectivity index (χ4n) is 7.25. The van der Waals surface area contributed by atoms with Crippen LogP contribution in [0.2, 0.25) is 0 Å². The molecule has 2 aromatic heterocycles. The lowest BCUT2D eigenvalue weighted by Crippen LogP contribution is -2.33. The summed E-state index contributed by atoms with van der Waals surface area (Å²) in [5.74, 6) is 2.34. The largest absolute Gasteiger partial charge is 0.456 e. The number of nitrogens with zero attached hydrogens (tertiary/aromatic N) is 2. The van der Waals surface area contributed by atoms with Crippen molar-refractivity contribution in [2.45, 2.75) is 12.2 Å². The van der Waals surface area contributed by atoms with E-state index in [1.54, 1.807) is 0 Å². The number of aliphatic imine (C=N–C) groups is 2. The second-order valence-corrected chi connectivity index (χ2v) is 12.2. The Labute approximate surface area is 275 Å². The number of furan rings is 2. The normalized spacial score (nSPS) is 17.2. The van der Waals surface area contributed by atoms with Gasteiger partial charge in [-0.1, -0.05) is 109 Å². The van der Waals surface area contributed by atoms with E-state index in [9.17, 15) is 0 Å². The summed E-state index contributed by atoms with van der Waals surface area (Å²) in [5, 5.41) is 12.8. The molecule has 0 spiro atoms. The molecular formula is C42H28N4O2. The van der Waals surface area contributed by atoms with Gasteiger partial charge in [0.25, 0.3) is 0 Å². The number of amidine groups is 2. The molecule has 0 aliphatic carbocycles.